The van der Waals surface area contributed by atoms with Crippen LogP contribution in [0.25, 0.3) is 0 Å². The molecule has 0 N–H and O–H groups in total. The summed E-state index contributed by atoms with van der Waals surface area (Å²) >= 11 is 0. The van der Waals surface area contributed by atoms with E-state index in [4.69, 9.17) is 4.74 Å². The van der Waals surface area contributed by atoms with Crippen LogP contribution < -0.4 is 4.74 Å². The van der Waals surface area contributed by atoms with Crippen molar-refractivity contribution in [2.24, 2.45) is 7.05 Å². The van der Waals surface area contributed by atoms with Crippen LogP contribution in [-0.4, -0.2) is 21.9 Å². The maximum absolute atomic E-state index is 4.86. The van der Waals surface area contributed by atoms with Crippen molar-refractivity contribution in [3.63, 3.8) is 0 Å². The molecule has 0 aromatic carbocycles. The molecule has 0 amide bonds. The molecule has 0 aliphatic heterocycles. The van der Waals surface area contributed by atoms with Crippen LogP contribution in [0.4, 0.5) is 0 Å². The average molecular weight is 127 g/mol. The first kappa shape index (κ1) is 6.07. The SMILES string of the molecule is COc1nc(C)nn1C. The number of hydrogen-bond acceptors (Lipinski definition) is 3. The fourth-order valence-electron chi connectivity index (χ4n) is 0.671. The zero-order valence-electron chi connectivity index (χ0n) is 5.75. The number of rotatable bonds is 1. The third-order valence-electron chi connectivity index (χ3n) is 1.01. The molecule has 1 heterocycles. The summed E-state index contributed by atoms with van der Waals surface area (Å²) in [7, 11) is 3.36. The lowest BCUT2D eigenvalue weighted by Crippen LogP contribution is -1.95. The number of ether oxygens (including phenoxy) is 1. The van der Waals surface area contributed by atoms with E-state index in [0.717, 1.165) is 5.82 Å². The van der Waals surface area contributed by atoms with Crippen LogP contribution in [0.2, 0.25) is 0 Å². The van der Waals surface area contributed by atoms with Gasteiger partial charge in [-0.1, -0.05) is 0 Å². The number of hydrogen-bond donors (Lipinski definition) is 0. The Labute approximate surface area is 53.5 Å². The zero-order valence-corrected chi connectivity index (χ0v) is 5.75. The van der Waals surface area contributed by atoms with Gasteiger partial charge >= 0.3 is 6.01 Å². The molecule has 0 radical (unpaired) electrons. The second-order valence-electron chi connectivity index (χ2n) is 1.77. The molecule has 0 aliphatic carbocycles. The fourth-order valence-corrected chi connectivity index (χ4v) is 0.671. The Kier molecular flexibility index (Phi) is 1.38. The van der Waals surface area contributed by atoms with Gasteiger partial charge in [-0.3, -0.25) is 0 Å². The second kappa shape index (κ2) is 2.05. The van der Waals surface area contributed by atoms with E-state index in [1.165, 1.54) is 0 Å². The summed E-state index contributed by atoms with van der Waals surface area (Å²) in [6, 6.07) is 0.549. The molecule has 1 aromatic rings. The molecule has 1 aromatic heterocycles. The minimum atomic E-state index is 0.549. The standard InChI is InChI=1S/C5H9N3O/c1-4-6-5(9-3)8(2)7-4/h1-3H3. The van der Waals surface area contributed by atoms with Crippen LogP contribution in [0.5, 0.6) is 6.01 Å². The third-order valence-corrected chi connectivity index (χ3v) is 1.01. The van der Waals surface area contributed by atoms with Gasteiger partial charge in [-0.2, -0.15) is 10.1 Å². The van der Waals surface area contributed by atoms with E-state index in [1.54, 1.807) is 18.8 Å². The molecule has 50 valence electrons. The van der Waals surface area contributed by atoms with E-state index in [0.29, 0.717) is 6.01 Å². The maximum atomic E-state index is 4.86. The highest BCUT2D eigenvalue weighted by atomic mass is 16.5. The molecule has 0 bridgehead atoms. The monoisotopic (exact) mass is 127 g/mol. The van der Waals surface area contributed by atoms with E-state index in [9.17, 15) is 0 Å². The van der Waals surface area contributed by atoms with Gasteiger partial charge in [0.1, 0.15) is 0 Å². The molecular formula is C5H9N3O. The minimum Gasteiger partial charge on any atom is -0.467 e. The summed E-state index contributed by atoms with van der Waals surface area (Å²) in [6.45, 7) is 1.82. The summed E-state index contributed by atoms with van der Waals surface area (Å²) in [5.74, 6) is 0.731. The quantitative estimate of drug-likeness (QED) is 0.538. The molecular weight excluding hydrogens is 118 g/mol. The Balaban J connectivity index is 3.01. The molecule has 4 nitrogen and oxygen atoms in total. The molecule has 0 aliphatic rings. The van der Waals surface area contributed by atoms with Crippen molar-refractivity contribution >= 4 is 0 Å². The van der Waals surface area contributed by atoms with Crippen molar-refractivity contribution in [2.75, 3.05) is 7.11 Å². The van der Waals surface area contributed by atoms with E-state index < -0.39 is 0 Å². The van der Waals surface area contributed by atoms with Gasteiger partial charge in [0.25, 0.3) is 0 Å². The Morgan fingerprint density at radius 3 is 2.44 bits per heavy atom. The van der Waals surface area contributed by atoms with Crippen LogP contribution >= 0.6 is 0 Å². The molecule has 4 heteroatoms. The van der Waals surface area contributed by atoms with Crippen molar-refractivity contribution in [1.29, 1.82) is 0 Å². The topological polar surface area (TPSA) is 39.9 Å². The molecule has 0 saturated carbocycles. The van der Waals surface area contributed by atoms with Crippen molar-refractivity contribution in [1.82, 2.24) is 14.8 Å². The smallest absolute Gasteiger partial charge is 0.314 e. The van der Waals surface area contributed by atoms with Crippen molar-refractivity contribution in [3.8, 4) is 6.01 Å². The Hall–Kier alpha value is -1.06. The molecule has 0 saturated heterocycles. The molecule has 0 spiro atoms. The molecule has 0 fully saturated rings. The van der Waals surface area contributed by atoms with Crippen molar-refractivity contribution < 1.29 is 4.74 Å². The van der Waals surface area contributed by atoms with E-state index >= 15 is 0 Å². The lowest BCUT2D eigenvalue weighted by Gasteiger charge is -1.92. The highest BCUT2D eigenvalue weighted by Crippen LogP contribution is 2.02. The van der Waals surface area contributed by atoms with Crippen molar-refractivity contribution in [3.05, 3.63) is 5.82 Å². The van der Waals surface area contributed by atoms with Crippen LogP contribution in [-0.2, 0) is 7.05 Å². The predicted molar refractivity (Wildman–Crippen MR) is 32.3 cm³/mol. The van der Waals surface area contributed by atoms with Gasteiger partial charge in [0.15, 0.2) is 5.82 Å². The van der Waals surface area contributed by atoms with Crippen LogP contribution in [0.15, 0.2) is 0 Å². The van der Waals surface area contributed by atoms with Gasteiger partial charge in [-0.05, 0) is 6.92 Å². The zero-order chi connectivity index (χ0) is 6.85. The Morgan fingerprint density at radius 2 is 2.22 bits per heavy atom. The highest BCUT2D eigenvalue weighted by molar-refractivity contribution is 4.94. The van der Waals surface area contributed by atoms with Gasteiger partial charge in [-0.15, -0.1) is 0 Å². The van der Waals surface area contributed by atoms with Crippen LogP contribution in [0.3, 0.4) is 0 Å². The van der Waals surface area contributed by atoms with Crippen LogP contribution in [0.1, 0.15) is 5.82 Å². The average Bonchev–Trinajstić information content (AvgIpc) is 2.10. The van der Waals surface area contributed by atoms with E-state index in [-0.39, 0.29) is 0 Å². The van der Waals surface area contributed by atoms with E-state index in [1.807, 2.05) is 6.92 Å². The molecule has 1 rings (SSSR count). The molecule has 0 unspecified atom stereocenters. The molecule has 0 atom stereocenters. The maximum Gasteiger partial charge on any atom is 0.314 e. The first-order chi connectivity index (χ1) is 4.24. The first-order valence-corrected chi connectivity index (χ1v) is 2.65. The second-order valence-corrected chi connectivity index (χ2v) is 1.77. The molecule has 9 heavy (non-hydrogen) atoms. The minimum absolute atomic E-state index is 0.549. The summed E-state index contributed by atoms with van der Waals surface area (Å²) < 4.78 is 6.45. The Morgan fingerprint density at radius 1 is 1.56 bits per heavy atom. The Bertz CT molecular complexity index is 206. The first-order valence-electron chi connectivity index (χ1n) is 2.65. The predicted octanol–water partition coefficient (Wildman–Crippen LogP) is 0.132. The third kappa shape index (κ3) is 1.01. The summed E-state index contributed by atoms with van der Waals surface area (Å²) in [4.78, 5) is 3.96. The number of aryl methyl sites for hydroxylation is 2. The fraction of sp³-hybridized carbons (Fsp3) is 0.600. The summed E-state index contributed by atoms with van der Waals surface area (Å²) in [6.07, 6.45) is 0. The van der Waals surface area contributed by atoms with Gasteiger partial charge in [0.2, 0.25) is 0 Å². The lowest BCUT2D eigenvalue weighted by atomic mass is 10.8. The van der Waals surface area contributed by atoms with Crippen LogP contribution in [0, 0.1) is 6.92 Å². The highest BCUT2D eigenvalue weighted by Gasteiger charge is 1.99. The number of methoxy groups -OCH3 is 1. The van der Waals surface area contributed by atoms with Crippen molar-refractivity contribution in [2.45, 2.75) is 6.92 Å². The van der Waals surface area contributed by atoms with Gasteiger partial charge in [0, 0.05) is 7.05 Å². The normalized spacial score (nSPS) is 9.67. The number of nitrogens with zero attached hydrogens (tertiary/aromatic N) is 3. The van der Waals surface area contributed by atoms with Gasteiger partial charge in [0.05, 0.1) is 7.11 Å². The van der Waals surface area contributed by atoms with Gasteiger partial charge in [-0.25, -0.2) is 4.68 Å². The summed E-state index contributed by atoms with van der Waals surface area (Å²) in [5, 5.41) is 3.96. The number of aromatic nitrogens is 3. The summed E-state index contributed by atoms with van der Waals surface area (Å²) in [5.41, 5.74) is 0. The largest absolute Gasteiger partial charge is 0.467 e. The van der Waals surface area contributed by atoms with Gasteiger partial charge < -0.3 is 4.74 Å². The van der Waals surface area contributed by atoms with E-state index in [2.05, 4.69) is 10.1 Å². The lowest BCUT2D eigenvalue weighted by molar-refractivity contribution is 0.359.